The fraction of sp³-hybridized carbons (Fsp3) is 0.167. The van der Waals surface area contributed by atoms with Gasteiger partial charge in [-0.25, -0.2) is 4.99 Å². The first-order chi connectivity index (χ1) is 11.2. The lowest BCUT2D eigenvalue weighted by Crippen LogP contribution is -2.25. The minimum Gasteiger partial charge on any atom is -0.496 e. The number of amides is 1. The molecule has 1 N–H and O–H groups in total. The maximum absolute atomic E-state index is 12.1. The molecule has 0 bridgehead atoms. The molecule has 1 aliphatic rings. The Morgan fingerprint density at radius 1 is 1.26 bits per heavy atom. The number of amidine groups is 1. The molecule has 116 valence electrons. The van der Waals surface area contributed by atoms with Crippen LogP contribution in [0.5, 0.6) is 5.75 Å². The molecule has 5 nitrogen and oxygen atoms in total. The van der Waals surface area contributed by atoms with Crippen molar-refractivity contribution < 1.29 is 9.53 Å². The molecule has 0 aliphatic carbocycles. The minimum atomic E-state index is -0.223. The number of hydrogen-bond donors (Lipinski definition) is 1. The number of carbonyl (C=O) groups is 1. The Hall–Kier alpha value is -2.95. The molecule has 1 aromatic heterocycles. The van der Waals surface area contributed by atoms with Gasteiger partial charge in [0.05, 0.1) is 7.11 Å². The second-order valence-electron chi connectivity index (χ2n) is 5.08. The zero-order chi connectivity index (χ0) is 16.2. The van der Waals surface area contributed by atoms with Gasteiger partial charge in [0, 0.05) is 6.20 Å². The number of benzene rings is 1. The van der Waals surface area contributed by atoms with Gasteiger partial charge < -0.3 is 10.1 Å². The Balaban J connectivity index is 1.93. The number of carbonyl (C=O) groups excluding carboxylic acids is 1. The van der Waals surface area contributed by atoms with Gasteiger partial charge in [-0.3, -0.25) is 9.78 Å². The number of aryl methyl sites for hydroxylation is 1. The third-order valence-corrected chi connectivity index (χ3v) is 3.59. The molecule has 5 heteroatoms. The molecule has 0 atom stereocenters. The van der Waals surface area contributed by atoms with Gasteiger partial charge in [0.25, 0.3) is 5.91 Å². The topological polar surface area (TPSA) is 63.6 Å². The van der Waals surface area contributed by atoms with Crippen molar-refractivity contribution in [2.75, 3.05) is 7.11 Å². The van der Waals surface area contributed by atoms with E-state index in [-0.39, 0.29) is 5.91 Å². The summed E-state index contributed by atoms with van der Waals surface area (Å²) in [5.74, 6) is 1.11. The summed E-state index contributed by atoms with van der Waals surface area (Å²) < 4.78 is 5.32. The summed E-state index contributed by atoms with van der Waals surface area (Å²) in [6, 6.07) is 11.3. The third kappa shape index (κ3) is 3.13. The van der Waals surface area contributed by atoms with Gasteiger partial charge in [0.2, 0.25) is 0 Å². The molecule has 1 amide bonds. The van der Waals surface area contributed by atoms with E-state index in [2.05, 4.69) is 22.2 Å². The van der Waals surface area contributed by atoms with Crippen LogP contribution in [0.15, 0.2) is 53.3 Å². The van der Waals surface area contributed by atoms with Crippen molar-refractivity contribution in [1.29, 1.82) is 0 Å². The number of aromatic nitrogens is 1. The van der Waals surface area contributed by atoms with Crippen molar-refractivity contribution in [2.45, 2.75) is 13.3 Å². The Morgan fingerprint density at radius 3 is 2.83 bits per heavy atom. The summed E-state index contributed by atoms with van der Waals surface area (Å²) in [6.07, 6.45) is 4.29. The lowest BCUT2D eigenvalue weighted by molar-refractivity contribution is -0.115. The zero-order valence-corrected chi connectivity index (χ0v) is 13.0. The molecule has 0 fully saturated rings. The maximum Gasteiger partial charge on any atom is 0.275 e. The van der Waals surface area contributed by atoms with E-state index in [4.69, 9.17) is 4.74 Å². The fourth-order valence-electron chi connectivity index (χ4n) is 2.42. The first-order valence-electron chi connectivity index (χ1n) is 7.41. The predicted molar refractivity (Wildman–Crippen MR) is 89.3 cm³/mol. The van der Waals surface area contributed by atoms with Crippen LogP contribution < -0.4 is 10.1 Å². The Labute approximate surface area is 134 Å². The number of rotatable bonds is 4. The summed E-state index contributed by atoms with van der Waals surface area (Å²) in [4.78, 5) is 20.6. The van der Waals surface area contributed by atoms with Crippen molar-refractivity contribution in [3.05, 3.63) is 65.1 Å². The Bertz CT molecular complexity index is 795. The van der Waals surface area contributed by atoms with E-state index in [0.717, 1.165) is 23.3 Å². The second kappa shape index (κ2) is 6.44. The van der Waals surface area contributed by atoms with Gasteiger partial charge in [-0.1, -0.05) is 19.1 Å². The zero-order valence-electron chi connectivity index (χ0n) is 13.0. The van der Waals surface area contributed by atoms with Crippen molar-refractivity contribution in [3.63, 3.8) is 0 Å². The van der Waals surface area contributed by atoms with Crippen LogP contribution in [0.4, 0.5) is 0 Å². The highest BCUT2D eigenvalue weighted by molar-refractivity contribution is 6.19. The summed E-state index contributed by atoms with van der Waals surface area (Å²) in [7, 11) is 1.65. The summed E-state index contributed by atoms with van der Waals surface area (Å²) >= 11 is 0. The minimum absolute atomic E-state index is 0.223. The normalized spacial score (nSPS) is 15.5. The van der Waals surface area contributed by atoms with Crippen LogP contribution in [0.1, 0.15) is 23.7 Å². The van der Waals surface area contributed by atoms with E-state index < -0.39 is 0 Å². The summed E-state index contributed by atoms with van der Waals surface area (Å²) in [5, 5.41) is 2.75. The molecule has 0 spiro atoms. The number of pyridine rings is 1. The lowest BCUT2D eigenvalue weighted by Gasteiger charge is -2.07. The number of hydrogen-bond acceptors (Lipinski definition) is 4. The van der Waals surface area contributed by atoms with Gasteiger partial charge in [0.1, 0.15) is 17.1 Å². The second-order valence-corrected chi connectivity index (χ2v) is 5.08. The van der Waals surface area contributed by atoms with Gasteiger partial charge >= 0.3 is 0 Å². The maximum atomic E-state index is 12.1. The largest absolute Gasteiger partial charge is 0.496 e. The molecule has 1 aliphatic heterocycles. The number of nitrogens with zero attached hydrogens (tertiary/aromatic N) is 2. The van der Waals surface area contributed by atoms with E-state index in [9.17, 15) is 4.79 Å². The first-order valence-corrected chi connectivity index (χ1v) is 7.41. The Morgan fingerprint density at radius 2 is 2.13 bits per heavy atom. The highest BCUT2D eigenvalue weighted by Gasteiger charge is 2.21. The van der Waals surface area contributed by atoms with Crippen molar-refractivity contribution in [2.24, 2.45) is 4.99 Å². The van der Waals surface area contributed by atoms with Crippen LogP contribution >= 0.6 is 0 Å². The van der Waals surface area contributed by atoms with Crippen LogP contribution in [-0.4, -0.2) is 23.8 Å². The summed E-state index contributed by atoms with van der Waals surface area (Å²) in [5.41, 5.74) is 3.03. The van der Waals surface area contributed by atoms with Gasteiger partial charge in [-0.15, -0.1) is 0 Å². The van der Waals surface area contributed by atoms with E-state index in [1.54, 1.807) is 19.4 Å². The molecular weight excluding hydrogens is 290 g/mol. The van der Waals surface area contributed by atoms with Crippen LogP contribution in [-0.2, 0) is 11.2 Å². The third-order valence-electron chi connectivity index (χ3n) is 3.59. The number of nitrogens with one attached hydrogen (secondary N) is 1. The van der Waals surface area contributed by atoms with Gasteiger partial charge in [0.15, 0.2) is 5.84 Å². The van der Waals surface area contributed by atoms with E-state index in [1.165, 1.54) is 0 Å². The molecule has 0 unspecified atom stereocenters. The van der Waals surface area contributed by atoms with E-state index in [0.29, 0.717) is 17.2 Å². The van der Waals surface area contributed by atoms with Gasteiger partial charge in [-0.05, 0) is 47.9 Å². The fourth-order valence-corrected chi connectivity index (χ4v) is 2.42. The van der Waals surface area contributed by atoms with Crippen molar-refractivity contribution in [1.82, 2.24) is 10.3 Å². The average Bonchev–Trinajstić information content (AvgIpc) is 2.96. The van der Waals surface area contributed by atoms with Crippen molar-refractivity contribution >= 4 is 17.8 Å². The average molecular weight is 307 g/mol. The molecule has 0 saturated carbocycles. The molecule has 3 rings (SSSR count). The van der Waals surface area contributed by atoms with Crippen LogP contribution in [0.25, 0.3) is 6.08 Å². The quantitative estimate of drug-likeness (QED) is 0.883. The van der Waals surface area contributed by atoms with Crippen molar-refractivity contribution in [3.8, 4) is 5.75 Å². The van der Waals surface area contributed by atoms with Crippen LogP contribution in [0.2, 0.25) is 0 Å². The molecule has 2 heterocycles. The van der Waals surface area contributed by atoms with E-state index >= 15 is 0 Å². The highest BCUT2D eigenvalue weighted by atomic mass is 16.5. The lowest BCUT2D eigenvalue weighted by atomic mass is 10.1. The molecule has 2 aromatic rings. The SMILES string of the molecule is CCc1cc(/C=C2/N=C(c3ccccn3)NC2=O)ccc1OC. The smallest absolute Gasteiger partial charge is 0.275 e. The molecule has 0 radical (unpaired) electrons. The number of ether oxygens (including phenoxy) is 1. The molecular formula is C18H17N3O2. The highest BCUT2D eigenvalue weighted by Crippen LogP contribution is 2.22. The Kier molecular flexibility index (Phi) is 4.19. The standard InChI is InChI=1S/C18H17N3O2/c1-3-13-10-12(7-8-16(13)23-2)11-15-18(22)21-17(20-15)14-6-4-5-9-19-14/h4-11H,3H2,1-2H3,(H,20,21,22)/b15-11+. The molecule has 0 saturated heterocycles. The summed E-state index contributed by atoms with van der Waals surface area (Å²) in [6.45, 7) is 2.06. The van der Waals surface area contributed by atoms with Gasteiger partial charge in [-0.2, -0.15) is 0 Å². The monoisotopic (exact) mass is 307 g/mol. The van der Waals surface area contributed by atoms with E-state index in [1.807, 2.05) is 36.4 Å². The van der Waals surface area contributed by atoms with Crippen LogP contribution in [0, 0.1) is 0 Å². The van der Waals surface area contributed by atoms with Crippen LogP contribution in [0.3, 0.4) is 0 Å². The first kappa shape index (κ1) is 15.0. The number of aliphatic imine (C=N–C) groups is 1. The molecule has 23 heavy (non-hydrogen) atoms. The molecule has 1 aromatic carbocycles. The number of methoxy groups -OCH3 is 1. The predicted octanol–water partition coefficient (Wildman–Crippen LogP) is 2.57.